The second-order valence-corrected chi connectivity index (χ2v) is 32.6. The molecule has 4 aliphatic rings. The highest BCUT2D eigenvalue weighted by atomic mass is 15.2. The summed E-state index contributed by atoms with van der Waals surface area (Å²) in [6.45, 7) is 4.10. The minimum Gasteiger partial charge on any atom is -0.311 e. The van der Waals surface area contributed by atoms with Crippen LogP contribution in [0.3, 0.4) is 0 Å². The van der Waals surface area contributed by atoms with Gasteiger partial charge in [0.25, 0.3) is 0 Å². The fourth-order valence-corrected chi connectivity index (χ4v) is 21.0. The first kappa shape index (κ1) is 69.1. The second-order valence-electron chi connectivity index (χ2n) is 32.6. The van der Waals surface area contributed by atoms with E-state index >= 15 is 0 Å². The molecule has 6 heteroatoms. The zero-order valence-electron chi connectivity index (χ0n) is 66.4. The van der Waals surface area contributed by atoms with Gasteiger partial charge in [-0.2, -0.15) is 0 Å². The highest BCUT2D eigenvalue weighted by Crippen LogP contribution is 2.57. The molecule has 0 atom stereocenters. The third-order valence-electron chi connectivity index (χ3n) is 25.8. The number of rotatable bonds is 14. The van der Waals surface area contributed by atoms with Gasteiger partial charge in [0.2, 0.25) is 13.4 Å². The summed E-state index contributed by atoms with van der Waals surface area (Å²) in [4.78, 5) is 10.1. The van der Waals surface area contributed by atoms with Crippen molar-refractivity contribution in [2.75, 3.05) is 19.6 Å². The van der Waals surface area contributed by atoms with Crippen molar-refractivity contribution in [1.82, 2.24) is 0 Å². The van der Waals surface area contributed by atoms with Gasteiger partial charge in [0, 0.05) is 68.2 Å². The number of anilines is 12. The SMILES string of the molecule is Cc1ccc2c(c1)N(c1ccccc1)c1cc(C)cc3c1B2c1cc2c(-c4c(-c5ccccc5)cccc4-c4ccccc4)cc4c5c(cc6c(-c7c(-c8ccccc8)cccc7-c7ccccc7)cc-3c1c6c25)B1c2ccc(N(c3ccccc3)c3ccccc3)cc2N(c2ccccc2)c2cc(N(c3ccccc3)c3ccccc3)cc-4c21. The van der Waals surface area contributed by atoms with Crippen molar-refractivity contribution in [3.63, 3.8) is 0 Å². The third-order valence-corrected chi connectivity index (χ3v) is 25.8. The van der Waals surface area contributed by atoms with E-state index in [0.29, 0.717) is 0 Å². The molecule has 24 rings (SSSR count). The lowest BCUT2D eigenvalue weighted by Crippen LogP contribution is -2.60. The third kappa shape index (κ3) is 10.7. The van der Waals surface area contributed by atoms with E-state index in [0.717, 1.165) is 79.1 Å². The molecule has 0 aliphatic carbocycles. The lowest BCUT2D eigenvalue weighted by Gasteiger charge is -2.43. The molecule has 20 aromatic rings. The van der Waals surface area contributed by atoms with E-state index in [4.69, 9.17) is 0 Å². The van der Waals surface area contributed by atoms with E-state index in [1.165, 1.54) is 154 Å². The number of hydrogen-bond donors (Lipinski definition) is 0. The Morgan fingerprint density at radius 2 is 0.525 bits per heavy atom. The fraction of sp³-hybridized carbons (Fsp3) is 0.0175. The standard InChI is InChI=1S/C114H76B2N4/c1-73-59-61-99-103(64-73)119(83-51-29-11-30-52-83)105-65-74(2)63-97-93-69-91(107-87(75-35-13-3-14-36-75)55-33-56-88(107)76-37-15-4-16-38-76)95-72-102-110-94(70-92(96-71-101(115(99)113(97)105)109(93)111(95)112(96)110)108-89(77-39-17-5-18-40-77)57-34-58-90(108)78-41-19-6-20-42-78)98-66-86(118(81-47-25-9-26-48-81)82-49-27-10-28-50-82)68-106-114(98)116(102)100-62-60-85(67-104(100)120(106)84-53-31-12-32-54-84)117(79-43-21-7-22-44-79)80-45-23-8-24-46-80/h3-72H,1-2H3. The van der Waals surface area contributed by atoms with Crippen LogP contribution < -0.4 is 52.4 Å². The van der Waals surface area contributed by atoms with Crippen LogP contribution >= 0.6 is 0 Å². The average Bonchev–Trinajstić information content (AvgIpc) is 0.660. The maximum atomic E-state index is 2.74. The molecule has 0 amide bonds. The van der Waals surface area contributed by atoms with Gasteiger partial charge in [-0.3, -0.25) is 0 Å². The predicted molar refractivity (Wildman–Crippen MR) is 511 cm³/mol. The molecule has 558 valence electrons. The first-order valence-corrected chi connectivity index (χ1v) is 41.9. The lowest BCUT2D eigenvalue weighted by molar-refractivity contribution is 1.24. The molecule has 0 saturated carbocycles. The Kier molecular flexibility index (Phi) is 16.0. The normalized spacial score (nSPS) is 12.5. The largest absolute Gasteiger partial charge is 0.311 e. The van der Waals surface area contributed by atoms with E-state index in [1.807, 2.05) is 0 Å². The molecule has 0 unspecified atom stereocenters. The lowest BCUT2D eigenvalue weighted by atomic mass is 9.31. The number of benzene rings is 20. The first-order valence-electron chi connectivity index (χ1n) is 41.9. The molecule has 20 aromatic carbocycles. The van der Waals surface area contributed by atoms with Crippen molar-refractivity contribution in [2.45, 2.75) is 13.8 Å². The van der Waals surface area contributed by atoms with Crippen LogP contribution in [-0.2, 0) is 0 Å². The topological polar surface area (TPSA) is 13.0 Å². The maximum Gasteiger partial charge on any atom is 0.248 e. The van der Waals surface area contributed by atoms with Crippen LogP contribution in [0.15, 0.2) is 425 Å². The second kappa shape index (κ2) is 27.7. The van der Waals surface area contributed by atoms with E-state index in [9.17, 15) is 0 Å². The summed E-state index contributed by atoms with van der Waals surface area (Å²) in [6.07, 6.45) is 0. The Labute approximate surface area is 700 Å². The van der Waals surface area contributed by atoms with Crippen LogP contribution in [0.25, 0.3) is 121 Å². The van der Waals surface area contributed by atoms with Gasteiger partial charge in [-0.25, -0.2) is 0 Å². The Balaban J connectivity index is 0.938. The highest BCUT2D eigenvalue weighted by molar-refractivity contribution is 7.02. The fourth-order valence-electron chi connectivity index (χ4n) is 21.0. The van der Waals surface area contributed by atoms with Gasteiger partial charge in [-0.05, 0) is 289 Å². The summed E-state index contributed by atoms with van der Waals surface area (Å²) < 4.78 is 0. The Morgan fingerprint density at radius 3 is 0.925 bits per heavy atom. The van der Waals surface area contributed by atoms with Crippen molar-refractivity contribution in [3.8, 4) is 89.0 Å². The van der Waals surface area contributed by atoms with E-state index in [-0.39, 0.29) is 13.4 Å². The molecule has 0 bridgehead atoms. The predicted octanol–water partition coefficient (Wildman–Crippen LogP) is 26.7. The van der Waals surface area contributed by atoms with Crippen molar-refractivity contribution in [2.24, 2.45) is 0 Å². The molecule has 4 heterocycles. The molecular weight excluding hydrogens is 1450 g/mol. The summed E-state index contributed by atoms with van der Waals surface area (Å²) >= 11 is 0. The zero-order valence-corrected chi connectivity index (χ0v) is 66.4. The van der Waals surface area contributed by atoms with Crippen LogP contribution in [-0.4, -0.2) is 13.4 Å². The number of hydrogen-bond acceptors (Lipinski definition) is 4. The van der Waals surface area contributed by atoms with Crippen molar-refractivity contribution >= 4 is 147 Å². The van der Waals surface area contributed by atoms with Gasteiger partial charge in [0.05, 0.1) is 0 Å². The first-order chi connectivity index (χ1) is 59.4. The maximum absolute atomic E-state index is 2.74. The van der Waals surface area contributed by atoms with Gasteiger partial charge < -0.3 is 19.6 Å². The Bertz CT molecular complexity index is 7270. The van der Waals surface area contributed by atoms with Crippen LogP contribution in [0.2, 0.25) is 0 Å². The summed E-state index contributed by atoms with van der Waals surface area (Å²) in [6, 6.07) is 161. The van der Waals surface area contributed by atoms with Crippen molar-refractivity contribution in [3.05, 3.63) is 436 Å². The van der Waals surface area contributed by atoms with E-state index < -0.39 is 0 Å². The molecule has 0 radical (unpaired) electrons. The highest BCUT2D eigenvalue weighted by Gasteiger charge is 2.47. The van der Waals surface area contributed by atoms with Gasteiger partial charge >= 0.3 is 0 Å². The Hall–Kier alpha value is -15.2. The number of aryl methyl sites for hydroxylation is 2. The number of nitrogens with zero attached hydrogens (tertiary/aromatic N) is 4. The smallest absolute Gasteiger partial charge is 0.248 e. The Morgan fingerprint density at radius 1 is 0.200 bits per heavy atom. The van der Waals surface area contributed by atoms with Crippen LogP contribution in [0.1, 0.15) is 11.1 Å². The van der Waals surface area contributed by atoms with Gasteiger partial charge in [-0.15, -0.1) is 0 Å². The molecule has 0 N–H and O–H groups in total. The van der Waals surface area contributed by atoms with Crippen molar-refractivity contribution in [1.29, 1.82) is 0 Å². The molecular formula is C114H76B2N4. The molecule has 0 saturated heterocycles. The quantitative estimate of drug-likeness (QED) is 0.0795. The van der Waals surface area contributed by atoms with E-state index in [2.05, 4.69) is 458 Å². The summed E-state index contributed by atoms with van der Waals surface area (Å²) in [5, 5.41) is 7.55. The zero-order chi connectivity index (χ0) is 79.2. The van der Waals surface area contributed by atoms with Crippen LogP contribution in [0.4, 0.5) is 68.2 Å². The van der Waals surface area contributed by atoms with Gasteiger partial charge in [-0.1, -0.05) is 314 Å². The molecule has 4 nitrogen and oxygen atoms in total. The minimum atomic E-state index is -0.306. The number of para-hydroxylation sites is 6. The molecule has 0 fully saturated rings. The van der Waals surface area contributed by atoms with Crippen molar-refractivity contribution < 1.29 is 0 Å². The average molecular weight is 1520 g/mol. The van der Waals surface area contributed by atoms with Gasteiger partial charge in [0.15, 0.2) is 0 Å². The summed E-state index contributed by atoms with van der Waals surface area (Å²) in [5.74, 6) is 0. The molecule has 0 spiro atoms. The van der Waals surface area contributed by atoms with E-state index in [1.54, 1.807) is 0 Å². The molecule has 4 aliphatic heterocycles. The summed E-state index contributed by atoms with van der Waals surface area (Å²) in [5.41, 5.74) is 42.3. The molecule has 120 heavy (non-hydrogen) atoms. The minimum absolute atomic E-state index is 0.173. The monoisotopic (exact) mass is 1520 g/mol. The van der Waals surface area contributed by atoms with Crippen LogP contribution in [0.5, 0.6) is 0 Å². The molecule has 0 aromatic heterocycles. The summed E-state index contributed by atoms with van der Waals surface area (Å²) in [7, 11) is 0. The van der Waals surface area contributed by atoms with Crippen LogP contribution in [0, 0.1) is 13.8 Å². The van der Waals surface area contributed by atoms with Gasteiger partial charge in [0.1, 0.15) is 0 Å². The number of fused-ring (bicyclic) bond motifs is 8.